The number of aromatic nitrogens is 3. The summed E-state index contributed by atoms with van der Waals surface area (Å²) in [6.45, 7) is 0. The predicted molar refractivity (Wildman–Crippen MR) is 99.9 cm³/mol. The Morgan fingerprint density at radius 2 is 1.73 bits per heavy atom. The third kappa shape index (κ3) is 2.95. The number of ether oxygens (including phenoxy) is 1. The van der Waals surface area contributed by atoms with E-state index in [1.165, 1.54) is 0 Å². The van der Waals surface area contributed by atoms with Crippen LogP contribution in [0.3, 0.4) is 0 Å². The molecule has 4 rings (SSSR count). The first-order valence-electron chi connectivity index (χ1n) is 8.30. The summed E-state index contributed by atoms with van der Waals surface area (Å²) in [5.74, 6) is 1.33. The molecule has 0 saturated heterocycles. The van der Waals surface area contributed by atoms with Crippen LogP contribution < -0.4 is 4.74 Å². The van der Waals surface area contributed by atoms with Crippen molar-refractivity contribution >= 4 is 16.7 Å². The minimum absolute atomic E-state index is 0.0349. The van der Waals surface area contributed by atoms with E-state index in [4.69, 9.17) is 4.74 Å². The van der Waals surface area contributed by atoms with Crippen LogP contribution in [0.4, 0.5) is 0 Å². The Labute approximate surface area is 150 Å². The third-order valence-electron chi connectivity index (χ3n) is 4.29. The van der Waals surface area contributed by atoms with Gasteiger partial charge in [-0.1, -0.05) is 18.2 Å². The number of nitrogens with zero attached hydrogens (tertiary/aromatic N) is 3. The van der Waals surface area contributed by atoms with Crippen molar-refractivity contribution in [2.24, 2.45) is 0 Å². The maximum Gasteiger partial charge on any atom is 0.234 e. The Balaban J connectivity index is 1.75. The van der Waals surface area contributed by atoms with E-state index in [0.29, 0.717) is 11.5 Å². The maximum atomic E-state index is 12.8. The van der Waals surface area contributed by atoms with Gasteiger partial charge in [0.1, 0.15) is 5.75 Å². The van der Waals surface area contributed by atoms with Crippen LogP contribution in [-0.4, -0.2) is 27.4 Å². The molecule has 0 saturated carbocycles. The van der Waals surface area contributed by atoms with Gasteiger partial charge in [-0.05, 0) is 42.5 Å². The zero-order valence-electron chi connectivity index (χ0n) is 14.3. The van der Waals surface area contributed by atoms with E-state index >= 15 is 0 Å². The molecule has 0 fully saturated rings. The topological polar surface area (TPSA) is 57.0 Å². The summed E-state index contributed by atoms with van der Waals surface area (Å²) in [6, 6.07) is 18.9. The lowest BCUT2D eigenvalue weighted by Gasteiger charge is -2.09. The highest BCUT2D eigenvalue weighted by Gasteiger charge is 2.16. The molecule has 4 aromatic rings. The largest absolute Gasteiger partial charge is 0.497 e. The Morgan fingerprint density at radius 1 is 1.00 bits per heavy atom. The normalized spacial score (nSPS) is 10.8. The zero-order chi connectivity index (χ0) is 17.9. The van der Waals surface area contributed by atoms with Crippen molar-refractivity contribution < 1.29 is 9.53 Å². The number of carbonyl (C=O) groups is 1. The van der Waals surface area contributed by atoms with E-state index in [1.54, 1.807) is 49.8 Å². The van der Waals surface area contributed by atoms with E-state index in [0.717, 1.165) is 22.3 Å². The van der Waals surface area contributed by atoms with E-state index < -0.39 is 0 Å². The average Bonchev–Trinajstić information content (AvgIpc) is 3.06. The van der Waals surface area contributed by atoms with Crippen molar-refractivity contribution in [1.29, 1.82) is 0 Å². The van der Waals surface area contributed by atoms with E-state index in [9.17, 15) is 4.79 Å². The number of carbonyl (C=O) groups excluding carboxylic acids is 1. The molecule has 5 nitrogen and oxygen atoms in total. The first-order chi connectivity index (χ1) is 12.8. The van der Waals surface area contributed by atoms with Crippen LogP contribution in [0.15, 0.2) is 73.1 Å². The van der Waals surface area contributed by atoms with Crippen LogP contribution in [0, 0.1) is 0 Å². The Hall–Kier alpha value is -3.47. The third-order valence-corrected chi connectivity index (χ3v) is 4.29. The lowest BCUT2D eigenvalue weighted by molar-refractivity contribution is 0.0991. The summed E-state index contributed by atoms with van der Waals surface area (Å²) in [6.07, 6.45) is 3.66. The molecule has 0 aliphatic heterocycles. The van der Waals surface area contributed by atoms with Crippen LogP contribution in [-0.2, 0) is 6.42 Å². The fourth-order valence-corrected chi connectivity index (χ4v) is 3.03. The van der Waals surface area contributed by atoms with Crippen LogP contribution in [0.5, 0.6) is 5.75 Å². The highest BCUT2D eigenvalue weighted by molar-refractivity contribution is 5.98. The van der Waals surface area contributed by atoms with E-state index in [1.807, 2.05) is 34.9 Å². The summed E-state index contributed by atoms with van der Waals surface area (Å²) in [4.78, 5) is 21.5. The fourth-order valence-electron chi connectivity index (χ4n) is 3.03. The zero-order valence-corrected chi connectivity index (χ0v) is 14.3. The second kappa shape index (κ2) is 6.80. The first kappa shape index (κ1) is 16.0. The second-order valence-corrected chi connectivity index (χ2v) is 5.91. The van der Waals surface area contributed by atoms with E-state index in [-0.39, 0.29) is 12.2 Å². The van der Waals surface area contributed by atoms with Gasteiger partial charge in [0.2, 0.25) is 5.95 Å². The van der Waals surface area contributed by atoms with Crippen molar-refractivity contribution in [2.75, 3.05) is 7.11 Å². The number of fused-ring (bicyclic) bond motifs is 1. The lowest BCUT2D eigenvalue weighted by Crippen LogP contribution is -2.10. The number of ketones is 1. The van der Waals surface area contributed by atoms with Gasteiger partial charge in [0, 0.05) is 29.0 Å². The van der Waals surface area contributed by atoms with Gasteiger partial charge in [-0.15, -0.1) is 0 Å². The number of benzene rings is 2. The summed E-state index contributed by atoms with van der Waals surface area (Å²) in [5, 5.41) is 1.05. The molecule has 2 heterocycles. The Bertz CT molecular complexity index is 1050. The number of Topliss-reactive ketones (excluding diaryl/α,β-unsaturated/α-hetero) is 1. The standard InChI is InChI=1S/C21H17N3O2/c1-26-18-9-7-15(8-10-18)20(25)14-17-13-16-5-2-3-6-19(16)24(17)21-22-11-4-12-23-21/h2-13H,14H2,1H3. The molecule has 2 aromatic heterocycles. The molecule has 5 heteroatoms. The highest BCUT2D eigenvalue weighted by atomic mass is 16.5. The van der Waals surface area contributed by atoms with Crippen molar-refractivity contribution in [3.63, 3.8) is 0 Å². The van der Waals surface area contributed by atoms with Crippen LogP contribution in [0.1, 0.15) is 16.1 Å². The summed E-state index contributed by atoms with van der Waals surface area (Å²) in [7, 11) is 1.61. The molecule has 0 aliphatic carbocycles. The number of hydrogen-bond donors (Lipinski definition) is 0. The van der Waals surface area contributed by atoms with Crippen molar-refractivity contribution in [1.82, 2.24) is 14.5 Å². The molecular formula is C21H17N3O2. The van der Waals surface area contributed by atoms with Gasteiger partial charge < -0.3 is 4.74 Å². The summed E-state index contributed by atoms with van der Waals surface area (Å²) < 4.78 is 7.09. The monoisotopic (exact) mass is 343 g/mol. The van der Waals surface area contributed by atoms with Gasteiger partial charge in [-0.25, -0.2) is 9.97 Å². The van der Waals surface area contributed by atoms with Gasteiger partial charge in [0.15, 0.2) is 5.78 Å². The van der Waals surface area contributed by atoms with Crippen LogP contribution in [0.25, 0.3) is 16.9 Å². The van der Waals surface area contributed by atoms with Gasteiger partial charge in [0.05, 0.1) is 19.0 Å². The van der Waals surface area contributed by atoms with Gasteiger partial charge in [0.25, 0.3) is 0 Å². The molecule has 128 valence electrons. The molecule has 0 amide bonds. The predicted octanol–water partition coefficient (Wildman–Crippen LogP) is 3.85. The first-order valence-corrected chi connectivity index (χ1v) is 8.30. The number of para-hydroxylation sites is 1. The van der Waals surface area contributed by atoms with Crippen molar-refractivity contribution in [3.8, 4) is 11.7 Å². The Kier molecular flexibility index (Phi) is 4.19. The average molecular weight is 343 g/mol. The highest BCUT2D eigenvalue weighted by Crippen LogP contribution is 2.24. The molecule has 0 atom stereocenters. The maximum absolute atomic E-state index is 12.8. The molecule has 0 aliphatic rings. The van der Waals surface area contributed by atoms with Gasteiger partial charge >= 0.3 is 0 Å². The second-order valence-electron chi connectivity index (χ2n) is 5.91. The van der Waals surface area contributed by atoms with Crippen LogP contribution in [0.2, 0.25) is 0 Å². The van der Waals surface area contributed by atoms with Crippen molar-refractivity contribution in [2.45, 2.75) is 6.42 Å². The molecule has 0 radical (unpaired) electrons. The fraction of sp³-hybridized carbons (Fsp3) is 0.0952. The smallest absolute Gasteiger partial charge is 0.234 e. The van der Waals surface area contributed by atoms with Crippen LogP contribution >= 0.6 is 0 Å². The number of rotatable bonds is 5. The summed E-state index contributed by atoms with van der Waals surface area (Å²) in [5.41, 5.74) is 2.49. The molecule has 26 heavy (non-hydrogen) atoms. The lowest BCUT2D eigenvalue weighted by atomic mass is 10.1. The molecule has 0 N–H and O–H groups in total. The SMILES string of the molecule is COc1ccc(C(=O)Cc2cc3ccccc3n2-c2ncccn2)cc1. The van der Waals surface area contributed by atoms with E-state index in [2.05, 4.69) is 9.97 Å². The molecule has 0 bridgehead atoms. The molecule has 0 spiro atoms. The number of hydrogen-bond acceptors (Lipinski definition) is 4. The molecule has 0 unspecified atom stereocenters. The van der Waals surface area contributed by atoms with Gasteiger partial charge in [-0.3, -0.25) is 9.36 Å². The Morgan fingerprint density at radius 3 is 2.46 bits per heavy atom. The summed E-state index contributed by atoms with van der Waals surface area (Å²) >= 11 is 0. The number of methoxy groups -OCH3 is 1. The van der Waals surface area contributed by atoms with Gasteiger partial charge in [-0.2, -0.15) is 0 Å². The molecular weight excluding hydrogens is 326 g/mol. The quantitative estimate of drug-likeness (QED) is 0.516. The minimum atomic E-state index is 0.0349. The molecule has 2 aromatic carbocycles. The minimum Gasteiger partial charge on any atom is -0.497 e. The van der Waals surface area contributed by atoms with Crippen molar-refractivity contribution in [3.05, 3.63) is 84.3 Å².